The molecule has 0 aliphatic rings. The second-order valence-electron chi connectivity index (χ2n) is 6.28. The Morgan fingerprint density at radius 3 is 2.57 bits per heavy atom. The maximum atomic E-state index is 12.2. The van der Waals surface area contributed by atoms with Crippen molar-refractivity contribution >= 4 is 17.7 Å². The summed E-state index contributed by atoms with van der Waals surface area (Å²) in [5.74, 6) is -0.923. The molecule has 116 valence electrons. The number of hydrogen-bond acceptors (Lipinski definition) is 3. The van der Waals surface area contributed by atoms with Crippen molar-refractivity contribution in [1.29, 1.82) is 0 Å². The number of urea groups is 1. The molecule has 0 aromatic carbocycles. The number of nitrogens with zero attached hydrogens (tertiary/aromatic N) is 2. The molecule has 1 aromatic rings. The maximum absolute atomic E-state index is 12.2. The van der Waals surface area contributed by atoms with Gasteiger partial charge < -0.3 is 10.4 Å². The molecule has 0 aliphatic carbocycles. The van der Waals surface area contributed by atoms with Crippen molar-refractivity contribution in [2.24, 2.45) is 5.41 Å². The smallest absolute Gasteiger partial charge is 0.321 e. The molecule has 0 saturated carbocycles. The lowest BCUT2D eigenvalue weighted by atomic mass is 9.87. The van der Waals surface area contributed by atoms with Crippen molar-refractivity contribution in [3.63, 3.8) is 0 Å². The number of nitrogens with one attached hydrogen (secondary N) is 1. The van der Waals surface area contributed by atoms with Crippen molar-refractivity contribution in [3.05, 3.63) is 24.5 Å². The number of amides is 2. The van der Waals surface area contributed by atoms with E-state index in [1.165, 1.54) is 4.90 Å². The van der Waals surface area contributed by atoms with Gasteiger partial charge >= 0.3 is 12.0 Å². The first-order chi connectivity index (χ1) is 9.69. The minimum absolute atomic E-state index is 0.0692. The standard InChI is InChI=1S/C15H23N3O3/c1-15(2,3)9-11(8-13(19)20)17-14(21)18(4)12-6-5-7-16-10-12/h5-7,10-11H,8-9H2,1-4H3,(H,17,21)(H,19,20). The zero-order chi connectivity index (χ0) is 16.0. The van der Waals surface area contributed by atoms with Gasteiger partial charge in [0.25, 0.3) is 0 Å². The molecule has 6 nitrogen and oxygen atoms in total. The van der Waals surface area contributed by atoms with Gasteiger partial charge in [0, 0.05) is 19.3 Å². The fourth-order valence-electron chi connectivity index (χ4n) is 2.07. The maximum Gasteiger partial charge on any atom is 0.321 e. The van der Waals surface area contributed by atoms with Gasteiger partial charge in [-0.05, 0) is 24.0 Å². The third-order valence-electron chi connectivity index (χ3n) is 2.95. The van der Waals surface area contributed by atoms with Crippen LogP contribution in [0.4, 0.5) is 10.5 Å². The number of carbonyl (C=O) groups excluding carboxylic acids is 1. The average Bonchev–Trinajstić information content (AvgIpc) is 2.36. The van der Waals surface area contributed by atoms with E-state index < -0.39 is 12.0 Å². The van der Waals surface area contributed by atoms with Crippen LogP contribution in [0.15, 0.2) is 24.5 Å². The highest BCUT2D eigenvalue weighted by molar-refractivity contribution is 5.91. The van der Waals surface area contributed by atoms with Gasteiger partial charge in [-0.15, -0.1) is 0 Å². The molecule has 21 heavy (non-hydrogen) atoms. The largest absolute Gasteiger partial charge is 0.481 e. The molecule has 0 bridgehead atoms. The molecule has 6 heteroatoms. The molecule has 2 amide bonds. The van der Waals surface area contributed by atoms with Crippen LogP contribution in [0.3, 0.4) is 0 Å². The second-order valence-corrected chi connectivity index (χ2v) is 6.28. The van der Waals surface area contributed by atoms with E-state index in [2.05, 4.69) is 10.3 Å². The van der Waals surface area contributed by atoms with E-state index in [9.17, 15) is 9.59 Å². The summed E-state index contributed by atoms with van der Waals surface area (Å²) in [5, 5.41) is 11.8. The Kier molecular flexibility index (Phi) is 5.69. The molecule has 2 N–H and O–H groups in total. The first-order valence-corrected chi connectivity index (χ1v) is 6.85. The molecular weight excluding hydrogens is 270 g/mol. The predicted molar refractivity (Wildman–Crippen MR) is 81.3 cm³/mol. The summed E-state index contributed by atoms with van der Waals surface area (Å²) >= 11 is 0. The number of carboxylic acid groups (broad SMARTS) is 1. The third kappa shape index (κ3) is 6.25. The van der Waals surface area contributed by atoms with Crippen LogP contribution in [-0.4, -0.2) is 35.2 Å². The van der Waals surface area contributed by atoms with Gasteiger partial charge in [0.05, 0.1) is 18.3 Å². The van der Waals surface area contributed by atoms with Gasteiger partial charge in [0.2, 0.25) is 0 Å². The number of carboxylic acids is 1. The first kappa shape index (κ1) is 16.9. The van der Waals surface area contributed by atoms with Crippen molar-refractivity contribution in [1.82, 2.24) is 10.3 Å². The average molecular weight is 293 g/mol. The Morgan fingerprint density at radius 1 is 1.43 bits per heavy atom. The summed E-state index contributed by atoms with van der Waals surface area (Å²) in [5.41, 5.74) is 0.583. The van der Waals surface area contributed by atoms with Gasteiger partial charge in [-0.2, -0.15) is 0 Å². The highest BCUT2D eigenvalue weighted by Crippen LogP contribution is 2.22. The van der Waals surface area contributed by atoms with E-state index >= 15 is 0 Å². The zero-order valence-electron chi connectivity index (χ0n) is 13.0. The number of carbonyl (C=O) groups is 2. The lowest BCUT2D eigenvalue weighted by Crippen LogP contribution is -2.45. The van der Waals surface area contributed by atoms with E-state index in [4.69, 9.17) is 5.11 Å². The number of aromatic nitrogens is 1. The van der Waals surface area contributed by atoms with E-state index in [0.29, 0.717) is 12.1 Å². The summed E-state index contributed by atoms with van der Waals surface area (Å²) in [7, 11) is 1.63. The molecule has 1 atom stereocenters. The fraction of sp³-hybridized carbons (Fsp3) is 0.533. The van der Waals surface area contributed by atoms with Crippen molar-refractivity contribution < 1.29 is 14.7 Å². The molecule has 0 fully saturated rings. The Bertz CT molecular complexity index is 483. The lowest BCUT2D eigenvalue weighted by Gasteiger charge is -2.27. The normalized spacial score (nSPS) is 12.6. The minimum atomic E-state index is -0.923. The van der Waals surface area contributed by atoms with Crippen LogP contribution in [-0.2, 0) is 4.79 Å². The van der Waals surface area contributed by atoms with Crippen LogP contribution >= 0.6 is 0 Å². The van der Waals surface area contributed by atoms with Gasteiger partial charge in [0.15, 0.2) is 0 Å². The highest BCUT2D eigenvalue weighted by Gasteiger charge is 2.24. The monoisotopic (exact) mass is 293 g/mol. The first-order valence-electron chi connectivity index (χ1n) is 6.85. The Balaban J connectivity index is 2.73. The van der Waals surface area contributed by atoms with Gasteiger partial charge in [0.1, 0.15) is 0 Å². The van der Waals surface area contributed by atoms with Gasteiger partial charge in [-0.3, -0.25) is 14.7 Å². The Morgan fingerprint density at radius 2 is 2.10 bits per heavy atom. The van der Waals surface area contributed by atoms with E-state index in [1.54, 1.807) is 31.6 Å². The van der Waals surface area contributed by atoms with Crippen LogP contribution in [0.5, 0.6) is 0 Å². The molecule has 0 aliphatic heterocycles. The summed E-state index contributed by atoms with van der Waals surface area (Å²) in [6, 6.07) is 2.76. The number of aliphatic carboxylic acids is 1. The number of pyridine rings is 1. The summed E-state index contributed by atoms with van der Waals surface area (Å²) in [4.78, 5) is 28.5. The van der Waals surface area contributed by atoms with Crippen molar-refractivity contribution in [2.75, 3.05) is 11.9 Å². The van der Waals surface area contributed by atoms with Crippen LogP contribution < -0.4 is 10.2 Å². The molecule has 0 spiro atoms. The summed E-state index contributed by atoms with van der Waals surface area (Å²) < 4.78 is 0. The SMILES string of the molecule is CN(C(=O)NC(CC(=O)O)CC(C)(C)C)c1cccnc1. The molecule has 1 rings (SSSR count). The van der Waals surface area contributed by atoms with E-state index in [1.807, 2.05) is 20.8 Å². The summed E-state index contributed by atoms with van der Waals surface area (Å²) in [6.45, 7) is 6.04. The molecular formula is C15H23N3O3. The number of hydrogen-bond donors (Lipinski definition) is 2. The second kappa shape index (κ2) is 7.06. The van der Waals surface area contributed by atoms with Crippen LogP contribution in [0.2, 0.25) is 0 Å². The summed E-state index contributed by atoms with van der Waals surface area (Å²) in [6.07, 6.45) is 3.70. The minimum Gasteiger partial charge on any atom is -0.481 e. The molecule has 1 heterocycles. The zero-order valence-corrected chi connectivity index (χ0v) is 13.0. The topological polar surface area (TPSA) is 82.5 Å². The molecule has 0 radical (unpaired) electrons. The Labute approximate surface area is 125 Å². The van der Waals surface area contributed by atoms with Gasteiger partial charge in [-0.1, -0.05) is 20.8 Å². The van der Waals surface area contributed by atoms with Crippen LogP contribution in [0.1, 0.15) is 33.6 Å². The van der Waals surface area contributed by atoms with E-state index in [0.717, 1.165) is 0 Å². The molecule has 1 aromatic heterocycles. The van der Waals surface area contributed by atoms with Gasteiger partial charge in [-0.25, -0.2) is 4.79 Å². The lowest BCUT2D eigenvalue weighted by molar-refractivity contribution is -0.137. The van der Waals surface area contributed by atoms with E-state index in [-0.39, 0.29) is 17.9 Å². The predicted octanol–water partition coefficient (Wildman–Crippen LogP) is 2.51. The third-order valence-corrected chi connectivity index (χ3v) is 2.95. The van der Waals surface area contributed by atoms with Crippen LogP contribution in [0.25, 0.3) is 0 Å². The fourth-order valence-corrected chi connectivity index (χ4v) is 2.07. The molecule has 1 unspecified atom stereocenters. The van der Waals surface area contributed by atoms with Crippen LogP contribution in [0, 0.1) is 5.41 Å². The number of anilines is 1. The van der Waals surface area contributed by atoms with Crippen molar-refractivity contribution in [3.8, 4) is 0 Å². The van der Waals surface area contributed by atoms with Crippen molar-refractivity contribution in [2.45, 2.75) is 39.7 Å². The quantitative estimate of drug-likeness (QED) is 0.874. The highest BCUT2D eigenvalue weighted by atomic mass is 16.4. The Hall–Kier alpha value is -2.11. The molecule has 0 saturated heterocycles. The number of rotatable bonds is 5.